The first-order valence-electron chi connectivity index (χ1n) is 10.5. The summed E-state index contributed by atoms with van der Waals surface area (Å²) < 4.78 is 1.69. The quantitative estimate of drug-likeness (QED) is 0.530. The maximum atomic E-state index is 12.3. The molecule has 0 spiro atoms. The molecule has 1 aromatic carbocycles. The molecular formula is C22H29N7O. The molecule has 158 valence electrons. The van der Waals surface area contributed by atoms with Crippen molar-refractivity contribution in [2.75, 3.05) is 26.0 Å². The monoisotopic (exact) mass is 407 g/mol. The third-order valence-corrected chi connectivity index (χ3v) is 5.53. The molecule has 1 unspecified atom stereocenters. The van der Waals surface area contributed by atoms with Crippen LogP contribution in [0.1, 0.15) is 48.4 Å². The molecular weight excluding hydrogens is 378 g/mol. The van der Waals surface area contributed by atoms with Crippen LogP contribution in [-0.4, -0.2) is 51.0 Å². The molecule has 2 N–H and O–H groups in total. The molecule has 0 saturated heterocycles. The van der Waals surface area contributed by atoms with Gasteiger partial charge in [0.05, 0.1) is 6.04 Å². The summed E-state index contributed by atoms with van der Waals surface area (Å²) in [5.74, 6) is 1.60. The van der Waals surface area contributed by atoms with Gasteiger partial charge in [-0.1, -0.05) is 18.2 Å². The first-order valence-corrected chi connectivity index (χ1v) is 10.5. The minimum Gasteiger partial charge on any atom is -0.366 e. The van der Waals surface area contributed by atoms with Crippen LogP contribution in [0, 0.1) is 0 Å². The number of unbranched alkanes of at least 4 members (excludes halogenated alkanes) is 1. The Morgan fingerprint density at radius 1 is 1.23 bits per heavy atom. The Hall–Kier alpha value is -3.00. The Kier molecular flexibility index (Phi) is 6.23. The van der Waals surface area contributed by atoms with Crippen LogP contribution in [-0.2, 0) is 17.8 Å². The standard InChI is InChI=1S/C22H29N7O/c1-28(2)12-4-3-5-21(30)27-19-9-7-17-13-16(6-8-18(17)19)14-24-20-10-11-23-22-25-15-26-29(20)22/h6,8,10-11,13,15,19,24H,3-5,7,9,12,14H2,1-2H3,(H,27,30). The van der Waals surface area contributed by atoms with Gasteiger partial charge in [0.15, 0.2) is 0 Å². The van der Waals surface area contributed by atoms with Crippen LogP contribution < -0.4 is 10.6 Å². The second-order valence-corrected chi connectivity index (χ2v) is 8.11. The summed E-state index contributed by atoms with van der Waals surface area (Å²) in [6.07, 6.45) is 7.78. The smallest absolute Gasteiger partial charge is 0.254 e. The van der Waals surface area contributed by atoms with E-state index in [1.54, 1.807) is 10.7 Å². The van der Waals surface area contributed by atoms with E-state index in [9.17, 15) is 4.79 Å². The average molecular weight is 408 g/mol. The van der Waals surface area contributed by atoms with Crippen LogP contribution >= 0.6 is 0 Å². The molecule has 1 aliphatic rings. The predicted octanol–water partition coefficient (Wildman–Crippen LogP) is 2.57. The van der Waals surface area contributed by atoms with Gasteiger partial charge in [-0.15, -0.1) is 0 Å². The molecule has 0 aliphatic heterocycles. The van der Waals surface area contributed by atoms with Crippen molar-refractivity contribution in [2.24, 2.45) is 0 Å². The van der Waals surface area contributed by atoms with Gasteiger partial charge < -0.3 is 15.5 Å². The summed E-state index contributed by atoms with van der Waals surface area (Å²) in [7, 11) is 4.12. The van der Waals surface area contributed by atoms with E-state index in [1.807, 2.05) is 6.07 Å². The number of rotatable bonds is 9. The highest BCUT2D eigenvalue weighted by molar-refractivity contribution is 5.76. The fourth-order valence-electron chi connectivity index (χ4n) is 3.98. The zero-order valence-electron chi connectivity index (χ0n) is 17.6. The van der Waals surface area contributed by atoms with Gasteiger partial charge in [-0.05, 0) is 69.1 Å². The van der Waals surface area contributed by atoms with Gasteiger partial charge in [-0.3, -0.25) is 4.79 Å². The summed E-state index contributed by atoms with van der Waals surface area (Å²) >= 11 is 0. The molecule has 30 heavy (non-hydrogen) atoms. The number of fused-ring (bicyclic) bond motifs is 2. The molecule has 2 heterocycles. The molecule has 8 nitrogen and oxygen atoms in total. The lowest BCUT2D eigenvalue weighted by atomic mass is 10.0. The molecule has 1 atom stereocenters. The number of hydrogen-bond donors (Lipinski definition) is 2. The van der Waals surface area contributed by atoms with Gasteiger partial charge in [-0.25, -0.2) is 4.98 Å². The van der Waals surface area contributed by atoms with Gasteiger partial charge in [0, 0.05) is 19.2 Å². The number of anilines is 1. The number of carbonyl (C=O) groups excluding carboxylic acids is 1. The summed E-state index contributed by atoms with van der Waals surface area (Å²) in [4.78, 5) is 22.8. The van der Waals surface area contributed by atoms with E-state index < -0.39 is 0 Å². The Labute approximate surface area is 176 Å². The lowest BCUT2D eigenvalue weighted by Gasteiger charge is -2.15. The van der Waals surface area contributed by atoms with Crippen LogP contribution in [0.2, 0.25) is 0 Å². The number of carbonyl (C=O) groups is 1. The lowest BCUT2D eigenvalue weighted by molar-refractivity contribution is -0.122. The Morgan fingerprint density at radius 2 is 2.13 bits per heavy atom. The van der Waals surface area contributed by atoms with E-state index in [4.69, 9.17) is 0 Å². The third kappa shape index (κ3) is 4.76. The number of hydrogen-bond acceptors (Lipinski definition) is 6. The van der Waals surface area contributed by atoms with Crippen molar-refractivity contribution in [3.8, 4) is 0 Å². The highest BCUT2D eigenvalue weighted by Crippen LogP contribution is 2.32. The largest absolute Gasteiger partial charge is 0.366 e. The van der Waals surface area contributed by atoms with Crippen molar-refractivity contribution in [1.29, 1.82) is 0 Å². The van der Waals surface area contributed by atoms with E-state index in [-0.39, 0.29) is 11.9 Å². The number of nitrogens with zero attached hydrogens (tertiary/aromatic N) is 5. The van der Waals surface area contributed by atoms with Crippen LogP contribution in [0.15, 0.2) is 36.8 Å². The molecule has 2 aromatic heterocycles. The minimum atomic E-state index is 0.137. The van der Waals surface area contributed by atoms with Crippen molar-refractivity contribution >= 4 is 17.5 Å². The summed E-state index contributed by atoms with van der Waals surface area (Å²) in [5, 5.41) is 10.8. The zero-order chi connectivity index (χ0) is 20.9. The zero-order valence-corrected chi connectivity index (χ0v) is 17.6. The highest BCUT2D eigenvalue weighted by Gasteiger charge is 2.24. The lowest BCUT2D eigenvalue weighted by Crippen LogP contribution is -2.27. The second kappa shape index (κ2) is 9.21. The summed E-state index contributed by atoms with van der Waals surface area (Å²) in [6.45, 7) is 1.72. The molecule has 0 fully saturated rings. The number of benzene rings is 1. The van der Waals surface area contributed by atoms with Crippen molar-refractivity contribution < 1.29 is 4.79 Å². The molecule has 4 rings (SSSR count). The normalized spacial score (nSPS) is 15.5. The number of nitrogens with one attached hydrogen (secondary N) is 2. The van der Waals surface area contributed by atoms with Crippen LogP contribution in [0.3, 0.4) is 0 Å². The number of amides is 1. The minimum absolute atomic E-state index is 0.137. The maximum absolute atomic E-state index is 12.3. The van der Waals surface area contributed by atoms with Gasteiger partial charge in [0.25, 0.3) is 5.78 Å². The number of aryl methyl sites for hydroxylation is 1. The first kappa shape index (κ1) is 20.3. The summed E-state index contributed by atoms with van der Waals surface area (Å²) in [6, 6.07) is 8.56. The average Bonchev–Trinajstić information content (AvgIpc) is 3.37. The Morgan fingerprint density at radius 3 is 3.00 bits per heavy atom. The summed E-state index contributed by atoms with van der Waals surface area (Å²) in [5.41, 5.74) is 3.78. The van der Waals surface area contributed by atoms with Gasteiger partial charge in [0.2, 0.25) is 5.91 Å². The SMILES string of the molecule is CN(C)CCCCC(=O)NC1CCc2cc(CNc3ccnc4ncnn34)ccc21. The number of aromatic nitrogens is 4. The molecule has 0 saturated carbocycles. The predicted molar refractivity (Wildman–Crippen MR) is 116 cm³/mol. The molecule has 1 amide bonds. The van der Waals surface area contributed by atoms with Gasteiger partial charge >= 0.3 is 0 Å². The molecule has 3 aromatic rings. The van der Waals surface area contributed by atoms with E-state index in [2.05, 4.69) is 62.9 Å². The highest BCUT2D eigenvalue weighted by atomic mass is 16.1. The molecule has 0 radical (unpaired) electrons. The van der Waals surface area contributed by atoms with Crippen molar-refractivity contribution in [3.05, 3.63) is 53.5 Å². The Bertz CT molecular complexity index is 1010. The maximum Gasteiger partial charge on any atom is 0.254 e. The Balaban J connectivity index is 1.32. The van der Waals surface area contributed by atoms with Crippen LogP contribution in [0.25, 0.3) is 5.78 Å². The van der Waals surface area contributed by atoms with Crippen molar-refractivity contribution in [2.45, 2.75) is 44.7 Å². The fraction of sp³-hybridized carbons (Fsp3) is 0.455. The van der Waals surface area contributed by atoms with Gasteiger partial charge in [-0.2, -0.15) is 14.6 Å². The molecule has 1 aliphatic carbocycles. The van der Waals surface area contributed by atoms with E-state index in [1.165, 1.54) is 23.0 Å². The fourth-order valence-corrected chi connectivity index (χ4v) is 3.98. The third-order valence-electron chi connectivity index (χ3n) is 5.53. The van der Waals surface area contributed by atoms with Crippen molar-refractivity contribution in [1.82, 2.24) is 29.8 Å². The molecule has 0 bridgehead atoms. The topological polar surface area (TPSA) is 87.5 Å². The van der Waals surface area contributed by atoms with Crippen LogP contribution in [0.4, 0.5) is 5.82 Å². The van der Waals surface area contributed by atoms with E-state index in [0.29, 0.717) is 18.7 Å². The van der Waals surface area contributed by atoms with Crippen LogP contribution in [0.5, 0.6) is 0 Å². The van der Waals surface area contributed by atoms with E-state index in [0.717, 1.165) is 38.0 Å². The van der Waals surface area contributed by atoms with Crippen molar-refractivity contribution in [3.63, 3.8) is 0 Å². The molecule has 8 heteroatoms. The second-order valence-electron chi connectivity index (χ2n) is 8.11. The van der Waals surface area contributed by atoms with E-state index >= 15 is 0 Å². The first-order chi connectivity index (χ1) is 14.6. The van der Waals surface area contributed by atoms with Gasteiger partial charge in [0.1, 0.15) is 12.1 Å².